The van der Waals surface area contributed by atoms with Gasteiger partial charge in [0.05, 0.1) is 11.4 Å². The molecule has 1 N–H and O–H groups in total. The number of thioether (sulfide) groups is 1. The molecule has 1 amide bonds. The van der Waals surface area contributed by atoms with E-state index in [2.05, 4.69) is 0 Å². The monoisotopic (exact) mass is 494 g/mol. The fourth-order valence-corrected chi connectivity index (χ4v) is 5.33. The molecule has 1 aliphatic heterocycles. The lowest BCUT2D eigenvalue weighted by molar-refractivity contribution is -0.140. The molecule has 9 heteroatoms. The standard InChI is InChI=1S/C25H16F2N2O3S2/c26-16-7-6-15(19(27)11-16)12-28-20-4-2-1-3-17(20)18-9-14(5-8-21(18)28)10-22-24(32)29(13-23(30)31)25(33)34-22/h1-11H,12-13H2,(H,30,31)/b22-10-. The topological polar surface area (TPSA) is 62.5 Å². The van der Waals surface area contributed by atoms with Crippen molar-refractivity contribution in [1.29, 1.82) is 0 Å². The van der Waals surface area contributed by atoms with Crippen molar-refractivity contribution < 1.29 is 23.5 Å². The Bertz CT molecular complexity index is 1540. The lowest BCUT2D eigenvalue weighted by Gasteiger charge is -2.10. The molecule has 3 aromatic carbocycles. The molecule has 0 aliphatic carbocycles. The molecule has 0 radical (unpaired) electrons. The van der Waals surface area contributed by atoms with Gasteiger partial charge in [-0.05, 0) is 35.9 Å². The first-order valence-electron chi connectivity index (χ1n) is 10.2. The molecule has 0 bridgehead atoms. The molecule has 5 rings (SSSR count). The summed E-state index contributed by atoms with van der Waals surface area (Å²) in [5.74, 6) is -2.80. The minimum absolute atomic E-state index is 0.206. The van der Waals surface area contributed by atoms with Gasteiger partial charge in [-0.3, -0.25) is 14.5 Å². The van der Waals surface area contributed by atoms with Gasteiger partial charge in [-0.1, -0.05) is 54.3 Å². The van der Waals surface area contributed by atoms with Crippen molar-refractivity contribution in [3.05, 3.63) is 88.3 Å². The lowest BCUT2D eigenvalue weighted by atomic mass is 10.1. The van der Waals surface area contributed by atoms with Gasteiger partial charge in [0.2, 0.25) is 0 Å². The zero-order valence-corrected chi connectivity index (χ0v) is 19.1. The van der Waals surface area contributed by atoms with Gasteiger partial charge in [-0.15, -0.1) is 0 Å². The van der Waals surface area contributed by atoms with Gasteiger partial charge in [0, 0.05) is 33.4 Å². The van der Waals surface area contributed by atoms with Crippen LogP contribution in [0.4, 0.5) is 8.78 Å². The van der Waals surface area contributed by atoms with Crippen LogP contribution < -0.4 is 0 Å². The van der Waals surface area contributed by atoms with Gasteiger partial charge in [0.25, 0.3) is 5.91 Å². The second-order valence-electron chi connectivity index (χ2n) is 7.78. The Kier molecular flexibility index (Phi) is 5.66. The number of carbonyl (C=O) groups excluding carboxylic acids is 1. The minimum Gasteiger partial charge on any atom is -0.480 e. The van der Waals surface area contributed by atoms with E-state index in [4.69, 9.17) is 17.3 Å². The van der Waals surface area contributed by atoms with E-state index in [0.717, 1.165) is 50.1 Å². The summed E-state index contributed by atoms with van der Waals surface area (Å²) in [5.41, 5.74) is 2.88. The van der Waals surface area contributed by atoms with Crippen molar-refractivity contribution in [3.63, 3.8) is 0 Å². The molecule has 2 heterocycles. The summed E-state index contributed by atoms with van der Waals surface area (Å²) in [7, 11) is 0. The molecule has 1 fully saturated rings. The van der Waals surface area contributed by atoms with Crippen LogP contribution >= 0.6 is 24.0 Å². The lowest BCUT2D eigenvalue weighted by Crippen LogP contribution is -2.33. The summed E-state index contributed by atoms with van der Waals surface area (Å²) in [6.07, 6.45) is 1.69. The first-order chi connectivity index (χ1) is 16.3. The number of fused-ring (bicyclic) bond motifs is 3. The molecule has 0 atom stereocenters. The van der Waals surface area contributed by atoms with Crippen LogP contribution in [0, 0.1) is 11.6 Å². The second kappa shape index (κ2) is 8.66. The van der Waals surface area contributed by atoms with Crippen LogP contribution in [0.1, 0.15) is 11.1 Å². The minimum atomic E-state index is -1.13. The summed E-state index contributed by atoms with van der Waals surface area (Å²) >= 11 is 6.23. The molecule has 34 heavy (non-hydrogen) atoms. The highest BCUT2D eigenvalue weighted by atomic mass is 32.2. The summed E-state index contributed by atoms with van der Waals surface area (Å²) in [5, 5.41) is 10.9. The first kappa shape index (κ1) is 22.2. The third-order valence-electron chi connectivity index (χ3n) is 5.60. The summed E-state index contributed by atoms with van der Waals surface area (Å²) < 4.78 is 29.9. The van der Waals surface area contributed by atoms with Gasteiger partial charge in [-0.2, -0.15) is 0 Å². The number of nitrogens with zero attached hydrogens (tertiary/aromatic N) is 2. The van der Waals surface area contributed by atoms with Crippen molar-refractivity contribution >= 4 is 68.1 Å². The third kappa shape index (κ3) is 3.97. The summed E-state index contributed by atoms with van der Waals surface area (Å²) in [4.78, 5) is 25.1. The molecule has 5 nitrogen and oxygen atoms in total. The quantitative estimate of drug-likeness (QED) is 0.297. The van der Waals surface area contributed by atoms with E-state index in [-0.39, 0.29) is 10.9 Å². The Labute approximate surface area is 202 Å². The van der Waals surface area contributed by atoms with Crippen LogP contribution in [0.3, 0.4) is 0 Å². The predicted molar refractivity (Wildman–Crippen MR) is 132 cm³/mol. The van der Waals surface area contributed by atoms with E-state index in [9.17, 15) is 18.4 Å². The number of amides is 1. The number of hydrogen-bond donors (Lipinski definition) is 1. The normalized spacial score (nSPS) is 15.2. The van der Waals surface area contributed by atoms with Crippen molar-refractivity contribution in [3.8, 4) is 0 Å². The van der Waals surface area contributed by atoms with E-state index in [1.165, 1.54) is 12.1 Å². The van der Waals surface area contributed by atoms with Crippen LogP contribution in [0.2, 0.25) is 0 Å². The maximum Gasteiger partial charge on any atom is 0.323 e. The Balaban J connectivity index is 1.58. The average Bonchev–Trinajstić information content (AvgIpc) is 3.24. The van der Waals surface area contributed by atoms with Gasteiger partial charge < -0.3 is 9.67 Å². The number of benzene rings is 3. The molecule has 0 saturated carbocycles. The van der Waals surface area contributed by atoms with Crippen molar-refractivity contribution in [2.45, 2.75) is 6.54 Å². The number of carboxylic acid groups (broad SMARTS) is 1. The number of carboxylic acids is 1. The van der Waals surface area contributed by atoms with Crippen LogP contribution in [-0.4, -0.2) is 37.3 Å². The maximum absolute atomic E-state index is 14.4. The van der Waals surface area contributed by atoms with Crippen molar-refractivity contribution in [2.24, 2.45) is 0 Å². The zero-order valence-electron chi connectivity index (χ0n) is 17.5. The summed E-state index contributed by atoms with van der Waals surface area (Å²) in [6, 6.07) is 16.9. The van der Waals surface area contributed by atoms with E-state index < -0.39 is 30.1 Å². The maximum atomic E-state index is 14.4. The van der Waals surface area contributed by atoms with Gasteiger partial charge in [0.1, 0.15) is 22.5 Å². The van der Waals surface area contributed by atoms with Crippen LogP contribution in [0.5, 0.6) is 0 Å². The molecule has 0 unspecified atom stereocenters. The van der Waals surface area contributed by atoms with Crippen molar-refractivity contribution in [2.75, 3.05) is 6.54 Å². The highest BCUT2D eigenvalue weighted by Crippen LogP contribution is 2.35. The molecule has 170 valence electrons. The zero-order chi connectivity index (χ0) is 24.0. The molecule has 1 saturated heterocycles. The van der Waals surface area contributed by atoms with Gasteiger partial charge in [-0.25, -0.2) is 8.78 Å². The molecule has 0 spiro atoms. The Morgan fingerprint density at radius 1 is 1.03 bits per heavy atom. The highest BCUT2D eigenvalue weighted by molar-refractivity contribution is 8.26. The van der Waals surface area contributed by atoms with E-state index in [0.29, 0.717) is 10.5 Å². The van der Waals surface area contributed by atoms with Crippen molar-refractivity contribution in [1.82, 2.24) is 9.47 Å². The fraction of sp³-hybridized carbons (Fsp3) is 0.0800. The van der Waals surface area contributed by atoms with Crippen LogP contribution in [-0.2, 0) is 16.1 Å². The van der Waals surface area contributed by atoms with E-state index in [1.54, 1.807) is 6.08 Å². The number of hydrogen-bond acceptors (Lipinski definition) is 4. The molecular weight excluding hydrogens is 478 g/mol. The molecular formula is C25H16F2N2O3S2. The largest absolute Gasteiger partial charge is 0.480 e. The summed E-state index contributed by atoms with van der Waals surface area (Å²) in [6.45, 7) is -0.252. The Hall–Kier alpha value is -3.56. The number of carbonyl (C=O) groups is 2. The highest BCUT2D eigenvalue weighted by Gasteiger charge is 2.33. The number of thiocarbonyl (C=S) groups is 1. The van der Waals surface area contributed by atoms with Crippen LogP contribution in [0.15, 0.2) is 65.6 Å². The number of aromatic nitrogens is 1. The fourth-order valence-electron chi connectivity index (χ4n) is 4.07. The SMILES string of the molecule is O=C(O)CN1C(=O)/C(=C/c2ccc3c(c2)c2ccccc2n3Cc2ccc(F)cc2F)SC1=S. The molecule has 1 aromatic heterocycles. The Morgan fingerprint density at radius 3 is 2.56 bits per heavy atom. The molecule has 1 aliphatic rings. The van der Waals surface area contributed by atoms with Gasteiger partial charge >= 0.3 is 5.97 Å². The van der Waals surface area contributed by atoms with E-state index >= 15 is 0 Å². The average molecular weight is 495 g/mol. The Morgan fingerprint density at radius 2 is 1.79 bits per heavy atom. The smallest absolute Gasteiger partial charge is 0.323 e. The first-order valence-corrected chi connectivity index (χ1v) is 11.5. The van der Waals surface area contributed by atoms with Gasteiger partial charge in [0.15, 0.2) is 0 Å². The number of para-hydroxylation sites is 1. The number of halogens is 2. The van der Waals surface area contributed by atoms with E-state index in [1.807, 2.05) is 47.0 Å². The third-order valence-corrected chi connectivity index (χ3v) is 6.98. The van der Waals surface area contributed by atoms with Crippen LogP contribution in [0.25, 0.3) is 27.9 Å². The predicted octanol–water partition coefficient (Wildman–Crippen LogP) is 5.41. The number of aliphatic carboxylic acids is 1. The molecule has 4 aromatic rings. The number of rotatable bonds is 5. The second-order valence-corrected chi connectivity index (χ2v) is 9.45.